The van der Waals surface area contributed by atoms with E-state index in [0.29, 0.717) is 0 Å². The lowest BCUT2D eigenvalue weighted by atomic mass is 10.3. The predicted molar refractivity (Wildman–Crippen MR) is 113 cm³/mol. The van der Waals surface area contributed by atoms with E-state index in [1.54, 1.807) is 11.3 Å². The second-order valence-corrected chi connectivity index (χ2v) is 7.45. The van der Waals surface area contributed by atoms with Crippen LogP contribution in [-0.2, 0) is 11.2 Å². The van der Waals surface area contributed by atoms with Gasteiger partial charge >= 0.3 is 0 Å². The van der Waals surface area contributed by atoms with Gasteiger partial charge in [-0.05, 0) is 39.5 Å². The van der Waals surface area contributed by atoms with Crippen LogP contribution in [-0.4, -0.2) is 55.7 Å². The zero-order valence-electron chi connectivity index (χ0n) is 15.3. The van der Waals surface area contributed by atoms with Crippen molar-refractivity contribution >= 4 is 41.3 Å². The minimum atomic E-state index is 0. The molecule has 1 aliphatic rings. The van der Waals surface area contributed by atoms with Crippen molar-refractivity contribution in [1.82, 2.24) is 15.2 Å². The van der Waals surface area contributed by atoms with Crippen LogP contribution in [0.1, 0.15) is 35.3 Å². The summed E-state index contributed by atoms with van der Waals surface area (Å²) in [7, 11) is 2.07. The molecule has 24 heavy (non-hydrogen) atoms. The van der Waals surface area contributed by atoms with Crippen LogP contribution < -0.4 is 5.32 Å². The van der Waals surface area contributed by atoms with Gasteiger partial charge in [0.2, 0.25) is 0 Å². The number of ether oxygens (including phenoxy) is 1. The standard InChI is InChI=1S/C17H30N4OS.HI/c1-5-18-17(21(4)10-11-22-12-15-6-7-15)19-9-8-16-13(2)20-14(3)23-16;/h15H,5-12H2,1-4H3,(H,18,19);1H. The molecule has 0 bridgehead atoms. The van der Waals surface area contributed by atoms with Crippen molar-refractivity contribution in [2.24, 2.45) is 10.9 Å². The first-order valence-electron chi connectivity index (χ1n) is 8.60. The van der Waals surface area contributed by atoms with Gasteiger partial charge in [0, 0.05) is 44.6 Å². The number of aliphatic imine (C=N–C) groups is 1. The summed E-state index contributed by atoms with van der Waals surface area (Å²) >= 11 is 1.78. The number of rotatable bonds is 9. The van der Waals surface area contributed by atoms with E-state index in [4.69, 9.17) is 9.73 Å². The summed E-state index contributed by atoms with van der Waals surface area (Å²) in [5.41, 5.74) is 1.15. The van der Waals surface area contributed by atoms with Crippen LogP contribution in [0.5, 0.6) is 0 Å². The number of halogens is 1. The molecule has 138 valence electrons. The van der Waals surface area contributed by atoms with Gasteiger partial charge in [-0.15, -0.1) is 35.3 Å². The number of hydrogen-bond acceptors (Lipinski definition) is 4. The molecule has 0 aliphatic heterocycles. The fourth-order valence-corrected chi connectivity index (χ4v) is 3.31. The highest BCUT2D eigenvalue weighted by molar-refractivity contribution is 14.0. The molecule has 5 nitrogen and oxygen atoms in total. The van der Waals surface area contributed by atoms with Crippen LogP contribution in [0.3, 0.4) is 0 Å². The number of likely N-dealkylation sites (N-methyl/N-ethyl adjacent to an activating group) is 1. The molecule has 0 radical (unpaired) electrons. The highest BCUT2D eigenvalue weighted by Crippen LogP contribution is 2.28. The van der Waals surface area contributed by atoms with Gasteiger partial charge in [-0.3, -0.25) is 4.99 Å². The topological polar surface area (TPSA) is 49.8 Å². The van der Waals surface area contributed by atoms with Crippen molar-refractivity contribution in [3.63, 3.8) is 0 Å². The van der Waals surface area contributed by atoms with E-state index in [1.807, 2.05) is 0 Å². The lowest BCUT2D eigenvalue weighted by molar-refractivity contribution is 0.115. The average molecular weight is 466 g/mol. The van der Waals surface area contributed by atoms with Crippen molar-refractivity contribution in [2.45, 2.75) is 40.0 Å². The second kappa shape index (κ2) is 11.3. The van der Waals surface area contributed by atoms with Crippen molar-refractivity contribution < 1.29 is 4.74 Å². The highest BCUT2D eigenvalue weighted by atomic mass is 127. The van der Waals surface area contributed by atoms with Gasteiger partial charge < -0.3 is 15.0 Å². The first-order chi connectivity index (χ1) is 11.1. The molecule has 0 amide bonds. The van der Waals surface area contributed by atoms with Gasteiger partial charge in [-0.25, -0.2) is 4.98 Å². The van der Waals surface area contributed by atoms with E-state index in [1.165, 1.54) is 17.7 Å². The van der Waals surface area contributed by atoms with Gasteiger partial charge in [0.25, 0.3) is 0 Å². The first kappa shape index (κ1) is 21.6. The fraction of sp³-hybridized carbons (Fsp3) is 0.765. The largest absolute Gasteiger partial charge is 0.379 e. The Morgan fingerprint density at radius 2 is 2.17 bits per heavy atom. The number of hydrogen-bond donors (Lipinski definition) is 1. The van der Waals surface area contributed by atoms with Crippen LogP contribution in [0.25, 0.3) is 0 Å². The van der Waals surface area contributed by atoms with Gasteiger partial charge in [-0.2, -0.15) is 0 Å². The average Bonchev–Trinajstić information content (AvgIpc) is 3.28. The van der Waals surface area contributed by atoms with E-state index in [2.05, 4.69) is 43.0 Å². The van der Waals surface area contributed by atoms with Crippen molar-refractivity contribution in [1.29, 1.82) is 0 Å². The molecule has 0 aromatic carbocycles. The molecule has 0 spiro atoms. The molecule has 1 aliphatic carbocycles. The van der Waals surface area contributed by atoms with E-state index < -0.39 is 0 Å². The molecule has 1 N–H and O–H groups in total. The molecule has 0 atom stereocenters. The molecule has 7 heteroatoms. The second-order valence-electron chi connectivity index (χ2n) is 6.17. The maximum absolute atomic E-state index is 5.72. The first-order valence-corrected chi connectivity index (χ1v) is 9.42. The summed E-state index contributed by atoms with van der Waals surface area (Å²) in [6.07, 6.45) is 3.64. The summed E-state index contributed by atoms with van der Waals surface area (Å²) in [4.78, 5) is 12.7. The quantitative estimate of drug-likeness (QED) is 0.263. The summed E-state index contributed by atoms with van der Waals surface area (Å²) in [5.74, 6) is 1.79. The number of aryl methyl sites for hydroxylation is 2. The van der Waals surface area contributed by atoms with Crippen LogP contribution in [0.15, 0.2) is 4.99 Å². The van der Waals surface area contributed by atoms with E-state index >= 15 is 0 Å². The minimum Gasteiger partial charge on any atom is -0.379 e. The Morgan fingerprint density at radius 3 is 2.75 bits per heavy atom. The summed E-state index contributed by atoms with van der Waals surface area (Å²) < 4.78 is 5.72. The number of thiazole rings is 1. The van der Waals surface area contributed by atoms with Gasteiger partial charge in [0.15, 0.2) is 5.96 Å². The lowest BCUT2D eigenvalue weighted by Crippen LogP contribution is -2.40. The summed E-state index contributed by atoms with van der Waals surface area (Å²) in [6.45, 7) is 10.5. The van der Waals surface area contributed by atoms with Gasteiger partial charge in [0.05, 0.1) is 17.3 Å². The third-order valence-corrected chi connectivity index (χ3v) is 5.05. The maximum atomic E-state index is 5.72. The number of nitrogens with zero attached hydrogens (tertiary/aromatic N) is 3. The van der Waals surface area contributed by atoms with Crippen molar-refractivity contribution in [3.8, 4) is 0 Å². The van der Waals surface area contributed by atoms with Crippen molar-refractivity contribution in [2.75, 3.05) is 39.9 Å². The molecule has 1 aromatic rings. The molecule has 0 saturated heterocycles. The third kappa shape index (κ3) is 7.65. The van der Waals surface area contributed by atoms with E-state index in [9.17, 15) is 0 Å². The summed E-state index contributed by atoms with van der Waals surface area (Å²) in [5, 5.41) is 4.50. The zero-order chi connectivity index (χ0) is 16.7. The summed E-state index contributed by atoms with van der Waals surface area (Å²) in [6, 6.07) is 0. The Labute approximate surface area is 167 Å². The van der Waals surface area contributed by atoms with Gasteiger partial charge in [-0.1, -0.05) is 0 Å². The zero-order valence-corrected chi connectivity index (χ0v) is 18.4. The molecule has 2 rings (SSSR count). The van der Waals surface area contributed by atoms with Crippen LogP contribution in [0, 0.1) is 19.8 Å². The fourth-order valence-electron chi connectivity index (χ4n) is 2.38. The van der Waals surface area contributed by atoms with Crippen LogP contribution >= 0.6 is 35.3 Å². The normalized spacial score (nSPS) is 14.4. The van der Waals surface area contributed by atoms with Crippen molar-refractivity contribution in [3.05, 3.63) is 15.6 Å². The Balaban J connectivity index is 0.00000288. The highest BCUT2D eigenvalue weighted by Gasteiger charge is 2.21. The Morgan fingerprint density at radius 1 is 1.42 bits per heavy atom. The van der Waals surface area contributed by atoms with E-state index in [-0.39, 0.29) is 24.0 Å². The molecular formula is C17H31IN4OS. The third-order valence-electron chi connectivity index (χ3n) is 3.92. The maximum Gasteiger partial charge on any atom is 0.193 e. The Bertz CT molecular complexity index is 517. The Kier molecular flexibility index (Phi) is 10.1. The number of guanidine groups is 1. The molecule has 1 aromatic heterocycles. The van der Waals surface area contributed by atoms with Crippen LogP contribution in [0.2, 0.25) is 0 Å². The van der Waals surface area contributed by atoms with Gasteiger partial charge in [0.1, 0.15) is 0 Å². The molecular weight excluding hydrogens is 435 g/mol. The minimum absolute atomic E-state index is 0. The molecule has 1 saturated carbocycles. The monoisotopic (exact) mass is 466 g/mol. The predicted octanol–water partition coefficient (Wildman–Crippen LogP) is 3.24. The molecule has 1 fully saturated rings. The smallest absolute Gasteiger partial charge is 0.193 e. The number of nitrogens with one attached hydrogen (secondary N) is 1. The molecule has 1 heterocycles. The SMILES string of the molecule is CCNC(=NCCc1sc(C)nc1C)N(C)CCOCC1CC1.I. The number of aromatic nitrogens is 1. The van der Waals surface area contributed by atoms with E-state index in [0.717, 1.165) is 61.8 Å². The Hall–Kier alpha value is -0.410. The lowest BCUT2D eigenvalue weighted by Gasteiger charge is -2.22. The van der Waals surface area contributed by atoms with Crippen LogP contribution in [0.4, 0.5) is 0 Å². The molecule has 0 unspecified atom stereocenters.